The number of carbonyl (C=O) groups excluding carboxylic acids is 1. The zero-order valence-corrected chi connectivity index (χ0v) is 20.4. The molecule has 0 aliphatic heterocycles. The SMILES string of the molecule is CCCCCCCC/C=C\CCCCCCCC(=O)N(C)CC(O)[C@H](O)[C@H](O)C(O)CO. The molecule has 4 atom stereocenters. The lowest BCUT2D eigenvalue weighted by Crippen LogP contribution is -2.49. The van der Waals surface area contributed by atoms with Gasteiger partial charge in [-0.3, -0.25) is 4.79 Å². The standard InChI is InChI=1S/C25H49NO6/c1-3-4-5-6-7-8-9-10-11-12-13-14-15-16-17-18-23(30)26(2)19-21(28)24(31)25(32)22(29)20-27/h10-11,21-22,24-25,27-29,31-32H,3-9,12-20H2,1-2H3/b11-10-/t21?,22?,24-,25+/m0/s1. The molecule has 0 aliphatic carbocycles. The highest BCUT2D eigenvalue weighted by Gasteiger charge is 2.31. The second-order valence-electron chi connectivity index (χ2n) is 8.91. The number of likely N-dealkylation sites (N-methyl/N-ethyl adjacent to an activating group) is 1. The van der Waals surface area contributed by atoms with Gasteiger partial charge in [-0.1, -0.05) is 70.4 Å². The summed E-state index contributed by atoms with van der Waals surface area (Å²) in [6.07, 6.45) is 14.2. The van der Waals surface area contributed by atoms with E-state index in [0.29, 0.717) is 6.42 Å². The van der Waals surface area contributed by atoms with Crippen LogP contribution in [0, 0.1) is 0 Å². The summed E-state index contributed by atoms with van der Waals surface area (Å²) in [5.74, 6) is -0.133. The Hall–Kier alpha value is -0.990. The molecule has 0 radical (unpaired) electrons. The van der Waals surface area contributed by atoms with E-state index in [2.05, 4.69) is 19.1 Å². The first-order valence-electron chi connectivity index (χ1n) is 12.6. The van der Waals surface area contributed by atoms with E-state index in [9.17, 15) is 25.2 Å². The Morgan fingerprint density at radius 2 is 1.22 bits per heavy atom. The molecule has 0 aromatic heterocycles. The first-order valence-corrected chi connectivity index (χ1v) is 12.6. The van der Waals surface area contributed by atoms with Crippen molar-refractivity contribution in [3.05, 3.63) is 12.2 Å². The Bertz CT molecular complexity index is 473. The maximum atomic E-state index is 12.2. The number of hydrogen-bond donors (Lipinski definition) is 5. The zero-order valence-electron chi connectivity index (χ0n) is 20.4. The molecular formula is C25H49NO6. The van der Waals surface area contributed by atoms with Crippen LogP contribution in [-0.2, 0) is 4.79 Å². The third-order valence-corrected chi connectivity index (χ3v) is 5.86. The first kappa shape index (κ1) is 31.0. The van der Waals surface area contributed by atoms with E-state index in [1.165, 1.54) is 63.3 Å². The summed E-state index contributed by atoms with van der Waals surface area (Å²) < 4.78 is 0. The average molecular weight is 460 g/mol. The molecule has 7 heteroatoms. The topological polar surface area (TPSA) is 121 Å². The number of unbranched alkanes of at least 4 members (excludes halogenated alkanes) is 11. The maximum absolute atomic E-state index is 12.2. The van der Waals surface area contributed by atoms with E-state index in [1.54, 1.807) is 0 Å². The van der Waals surface area contributed by atoms with Crippen LogP contribution in [0.2, 0.25) is 0 Å². The van der Waals surface area contributed by atoms with Gasteiger partial charge in [-0.05, 0) is 32.1 Å². The Labute approximate surface area is 195 Å². The smallest absolute Gasteiger partial charge is 0.222 e. The van der Waals surface area contributed by atoms with Gasteiger partial charge in [-0.2, -0.15) is 0 Å². The van der Waals surface area contributed by atoms with Gasteiger partial charge in [0.25, 0.3) is 0 Å². The number of hydrogen-bond acceptors (Lipinski definition) is 6. The molecule has 0 fully saturated rings. The number of carbonyl (C=O) groups is 1. The summed E-state index contributed by atoms with van der Waals surface area (Å²) in [5.41, 5.74) is 0. The third kappa shape index (κ3) is 15.8. The molecule has 0 rings (SSSR count). The second-order valence-corrected chi connectivity index (χ2v) is 8.91. The minimum Gasteiger partial charge on any atom is -0.394 e. The Morgan fingerprint density at radius 1 is 0.750 bits per heavy atom. The van der Waals surface area contributed by atoms with Crippen LogP contribution in [0.15, 0.2) is 12.2 Å². The van der Waals surface area contributed by atoms with Gasteiger partial charge in [-0.25, -0.2) is 0 Å². The van der Waals surface area contributed by atoms with Crippen molar-refractivity contribution in [2.75, 3.05) is 20.2 Å². The van der Waals surface area contributed by atoms with E-state index in [0.717, 1.165) is 32.1 Å². The number of aliphatic hydroxyl groups excluding tert-OH is 5. The van der Waals surface area contributed by atoms with Crippen molar-refractivity contribution in [3.63, 3.8) is 0 Å². The number of nitrogens with zero attached hydrogens (tertiary/aromatic N) is 1. The lowest BCUT2D eigenvalue weighted by Gasteiger charge is -2.28. The molecule has 7 nitrogen and oxygen atoms in total. The van der Waals surface area contributed by atoms with E-state index in [-0.39, 0.29) is 12.5 Å². The monoisotopic (exact) mass is 459 g/mol. The Balaban J connectivity index is 3.71. The van der Waals surface area contributed by atoms with E-state index < -0.39 is 31.0 Å². The van der Waals surface area contributed by atoms with Gasteiger partial charge in [0.05, 0.1) is 6.61 Å². The highest BCUT2D eigenvalue weighted by atomic mass is 16.4. The van der Waals surface area contributed by atoms with Crippen LogP contribution in [0.25, 0.3) is 0 Å². The quantitative estimate of drug-likeness (QED) is 0.133. The molecule has 0 saturated heterocycles. The lowest BCUT2D eigenvalue weighted by molar-refractivity contribution is -0.138. The summed E-state index contributed by atoms with van der Waals surface area (Å²) in [6.45, 7) is 1.36. The van der Waals surface area contributed by atoms with Crippen molar-refractivity contribution >= 4 is 5.91 Å². The van der Waals surface area contributed by atoms with Crippen LogP contribution in [0.5, 0.6) is 0 Å². The predicted octanol–water partition coefficient (Wildman–Crippen LogP) is 2.92. The summed E-state index contributed by atoms with van der Waals surface area (Å²) in [4.78, 5) is 13.5. The average Bonchev–Trinajstić information content (AvgIpc) is 2.79. The third-order valence-electron chi connectivity index (χ3n) is 5.86. The van der Waals surface area contributed by atoms with Gasteiger partial charge in [0.1, 0.15) is 24.4 Å². The summed E-state index contributed by atoms with van der Waals surface area (Å²) in [5, 5.41) is 47.5. The highest BCUT2D eigenvalue weighted by molar-refractivity contribution is 5.75. The van der Waals surface area contributed by atoms with Crippen LogP contribution in [0.3, 0.4) is 0 Å². The van der Waals surface area contributed by atoms with Crippen molar-refractivity contribution in [1.82, 2.24) is 4.90 Å². The molecule has 32 heavy (non-hydrogen) atoms. The minimum atomic E-state index is -1.68. The normalized spacial score (nSPS) is 15.6. The number of aliphatic hydroxyl groups is 5. The molecule has 0 saturated carbocycles. The van der Waals surface area contributed by atoms with E-state index in [4.69, 9.17) is 5.11 Å². The number of rotatable bonds is 21. The fraction of sp³-hybridized carbons (Fsp3) is 0.880. The van der Waals surface area contributed by atoms with Crippen LogP contribution in [-0.4, -0.2) is 81.0 Å². The molecule has 0 aliphatic rings. The highest BCUT2D eigenvalue weighted by Crippen LogP contribution is 2.11. The van der Waals surface area contributed by atoms with Gasteiger partial charge in [0, 0.05) is 20.0 Å². The molecule has 0 heterocycles. The summed E-state index contributed by atoms with van der Waals surface area (Å²) >= 11 is 0. The second kappa shape index (κ2) is 20.6. The molecular weight excluding hydrogens is 410 g/mol. The van der Waals surface area contributed by atoms with Crippen LogP contribution in [0.4, 0.5) is 0 Å². The molecule has 0 spiro atoms. The van der Waals surface area contributed by atoms with Crippen molar-refractivity contribution in [3.8, 4) is 0 Å². The fourth-order valence-electron chi connectivity index (χ4n) is 3.59. The van der Waals surface area contributed by atoms with Gasteiger partial charge >= 0.3 is 0 Å². The van der Waals surface area contributed by atoms with Crippen LogP contribution < -0.4 is 0 Å². The molecule has 0 aromatic rings. The molecule has 190 valence electrons. The number of allylic oxidation sites excluding steroid dienone is 2. The van der Waals surface area contributed by atoms with Crippen molar-refractivity contribution in [1.29, 1.82) is 0 Å². The van der Waals surface area contributed by atoms with Gasteiger partial charge in [0.15, 0.2) is 0 Å². The fourth-order valence-corrected chi connectivity index (χ4v) is 3.59. The largest absolute Gasteiger partial charge is 0.394 e. The first-order chi connectivity index (χ1) is 15.3. The van der Waals surface area contributed by atoms with Gasteiger partial charge < -0.3 is 30.4 Å². The maximum Gasteiger partial charge on any atom is 0.222 e. The van der Waals surface area contributed by atoms with Crippen LogP contribution >= 0.6 is 0 Å². The lowest BCUT2D eigenvalue weighted by atomic mass is 10.0. The zero-order chi connectivity index (χ0) is 24.2. The van der Waals surface area contributed by atoms with Crippen LogP contribution in [0.1, 0.15) is 96.8 Å². The molecule has 0 bridgehead atoms. The van der Waals surface area contributed by atoms with E-state index in [1.807, 2.05) is 0 Å². The Morgan fingerprint density at radius 3 is 1.75 bits per heavy atom. The van der Waals surface area contributed by atoms with Crippen molar-refractivity contribution in [2.45, 2.75) is 121 Å². The van der Waals surface area contributed by atoms with E-state index >= 15 is 0 Å². The van der Waals surface area contributed by atoms with Gasteiger partial charge in [-0.15, -0.1) is 0 Å². The molecule has 5 N–H and O–H groups in total. The summed E-state index contributed by atoms with van der Waals surface area (Å²) in [7, 11) is 1.53. The number of amides is 1. The summed E-state index contributed by atoms with van der Waals surface area (Å²) in [6, 6.07) is 0. The predicted molar refractivity (Wildman–Crippen MR) is 128 cm³/mol. The molecule has 0 aromatic carbocycles. The molecule has 1 amide bonds. The van der Waals surface area contributed by atoms with Crippen molar-refractivity contribution < 1.29 is 30.3 Å². The minimum absolute atomic E-state index is 0.133. The Kier molecular flexibility index (Phi) is 20.0. The van der Waals surface area contributed by atoms with Gasteiger partial charge in [0.2, 0.25) is 5.91 Å². The van der Waals surface area contributed by atoms with Crippen molar-refractivity contribution in [2.24, 2.45) is 0 Å². The molecule has 2 unspecified atom stereocenters.